The number of hydrogen-bond donors (Lipinski definition) is 1. The number of aliphatic carboxylic acids is 1. The molecular weight excluding hydrogens is 443 g/mol. The van der Waals surface area contributed by atoms with Crippen LogP contribution in [0.1, 0.15) is 38.5 Å². The number of hydrogen-bond acceptors (Lipinski definition) is 7. The molecule has 4 heterocycles. The lowest BCUT2D eigenvalue weighted by Crippen LogP contribution is -2.65. The molecule has 2 saturated heterocycles. The maximum Gasteiger partial charge on any atom is 0.490 e. The molecule has 1 saturated carbocycles. The van der Waals surface area contributed by atoms with Crippen molar-refractivity contribution in [2.24, 2.45) is 11.8 Å². The molecule has 3 aliphatic rings. The first kappa shape index (κ1) is 23.7. The zero-order valence-corrected chi connectivity index (χ0v) is 18.2. The molecule has 1 spiro atoms. The van der Waals surface area contributed by atoms with Gasteiger partial charge in [-0.2, -0.15) is 17.7 Å². The summed E-state index contributed by atoms with van der Waals surface area (Å²) in [5.74, 6) is -0.384. The van der Waals surface area contributed by atoms with Crippen LogP contribution in [0.2, 0.25) is 0 Å². The second-order valence-corrected chi connectivity index (χ2v) is 8.90. The van der Waals surface area contributed by atoms with Crippen molar-refractivity contribution in [2.45, 2.75) is 50.3 Å². The summed E-state index contributed by atoms with van der Waals surface area (Å²) in [4.78, 5) is 11.2. The summed E-state index contributed by atoms with van der Waals surface area (Å²) >= 11 is 0. The normalized spacial score (nSPS) is 22.4. The number of aromatic nitrogens is 4. The first-order chi connectivity index (χ1) is 15.8. The highest BCUT2D eigenvalue weighted by Gasteiger charge is 2.53. The van der Waals surface area contributed by atoms with E-state index in [1.165, 1.54) is 25.7 Å². The van der Waals surface area contributed by atoms with Crippen molar-refractivity contribution in [3.8, 4) is 0 Å². The van der Waals surface area contributed by atoms with Gasteiger partial charge in [-0.15, -0.1) is 15.3 Å². The zero-order chi connectivity index (χ0) is 23.5. The topological polar surface area (TPSA) is 102 Å². The molecule has 5 rings (SSSR count). The molecule has 33 heavy (non-hydrogen) atoms. The number of ether oxygens (including phenoxy) is 2. The van der Waals surface area contributed by atoms with Crippen LogP contribution in [0.25, 0.3) is 5.65 Å². The molecule has 12 heteroatoms. The van der Waals surface area contributed by atoms with Crippen LogP contribution >= 0.6 is 0 Å². The van der Waals surface area contributed by atoms with Gasteiger partial charge in [-0.05, 0) is 49.7 Å². The highest BCUT2D eigenvalue weighted by atomic mass is 19.4. The van der Waals surface area contributed by atoms with Crippen molar-refractivity contribution >= 4 is 17.4 Å². The van der Waals surface area contributed by atoms with Crippen LogP contribution in [0.5, 0.6) is 0 Å². The van der Waals surface area contributed by atoms with Gasteiger partial charge in [0.2, 0.25) is 0 Å². The summed E-state index contributed by atoms with van der Waals surface area (Å²) in [5.41, 5.74) is 0.777. The molecule has 1 unspecified atom stereocenters. The largest absolute Gasteiger partial charge is 0.490 e. The summed E-state index contributed by atoms with van der Waals surface area (Å²) in [6, 6.07) is 3.98. The van der Waals surface area contributed by atoms with Gasteiger partial charge in [0.1, 0.15) is 17.7 Å². The van der Waals surface area contributed by atoms with Crippen LogP contribution in [0.3, 0.4) is 0 Å². The molecule has 0 radical (unpaired) electrons. The Morgan fingerprint density at radius 1 is 1.24 bits per heavy atom. The van der Waals surface area contributed by atoms with E-state index in [0.717, 1.165) is 63.1 Å². The third-order valence-corrected chi connectivity index (χ3v) is 6.67. The Morgan fingerprint density at radius 2 is 1.97 bits per heavy atom. The third-order valence-electron chi connectivity index (χ3n) is 6.67. The summed E-state index contributed by atoms with van der Waals surface area (Å²) in [5, 5.41) is 19.6. The smallest absolute Gasteiger partial charge is 0.475 e. The Balaban J connectivity index is 0.000000325. The standard InChI is InChI=1S/C19H27N5O2.C2HF3O2/c1-2-4-15(3-1)11-25-9-7-16-8-10-26-19(16)12-23(13-19)18-6-5-17-21-20-14-24(17)22-18;3-2(4,5)1(6)7/h5-6,14-16H,1-4,7-13H2;(H,6,7). The first-order valence-electron chi connectivity index (χ1n) is 11.2. The predicted molar refractivity (Wildman–Crippen MR) is 111 cm³/mol. The minimum atomic E-state index is -5.08. The lowest BCUT2D eigenvalue weighted by atomic mass is 9.79. The number of rotatable bonds is 6. The van der Waals surface area contributed by atoms with Crippen LogP contribution in [-0.2, 0) is 14.3 Å². The van der Waals surface area contributed by atoms with E-state index < -0.39 is 12.1 Å². The first-order valence-corrected chi connectivity index (χ1v) is 11.2. The van der Waals surface area contributed by atoms with Crippen LogP contribution < -0.4 is 4.90 Å². The fourth-order valence-electron chi connectivity index (χ4n) is 4.84. The lowest BCUT2D eigenvalue weighted by Gasteiger charge is -2.50. The van der Waals surface area contributed by atoms with Crippen LogP contribution in [0.4, 0.5) is 19.0 Å². The molecule has 9 nitrogen and oxygen atoms in total. The highest BCUT2D eigenvalue weighted by Crippen LogP contribution is 2.43. The van der Waals surface area contributed by atoms with Gasteiger partial charge in [0.15, 0.2) is 5.65 Å². The predicted octanol–water partition coefficient (Wildman–Crippen LogP) is 2.95. The van der Waals surface area contributed by atoms with Gasteiger partial charge in [-0.3, -0.25) is 0 Å². The minimum Gasteiger partial charge on any atom is -0.475 e. The number of fused-ring (bicyclic) bond motifs is 1. The van der Waals surface area contributed by atoms with Crippen molar-refractivity contribution in [3.63, 3.8) is 0 Å². The second-order valence-electron chi connectivity index (χ2n) is 8.90. The maximum atomic E-state index is 10.6. The summed E-state index contributed by atoms with van der Waals surface area (Å²) in [6.45, 7) is 4.54. The SMILES string of the molecule is O=C(O)C(F)(F)F.c1cc2nncn2nc1N1CC2(C1)OCCC2CCOCC1CCCC1. The van der Waals surface area contributed by atoms with Gasteiger partial charge < -0.3 is 19.5 Å². The van der Waals surface area contributed by atoms with Crippen LogP contribution in [0, 0.1) is 11.8 Å². The average molecular weight is 471 g/mol. The minimum absolute atomic E-state index is 0.000539. The fourth-order valence-corrected chi connectivity index (χ4v) is 4.84. The van der Waals surface area contributed by atoms with Gasteiger partial charge in [-0.1, -0.05) is 12.8 Å². The van der Waals surface area contributed by atoms with Gasteiger partial charge >= 0.3 is 12.1 Å². The fraction of sp³-hybridized carbons (Fsp3) is 0.714. The van der Waals surface area contributed by atoms with Crippen molar-refractivity contribution in [2.75, 3.05) is 37.8 Å². The number of alkyl halides is 3. The quantitative estimate of drug-likeness (QED) is 0.642. The number of anilines is 1. The van der Waals surface area contributed by atoms with Gasteiger partial charge in [0.05, 0.1) is 13.1 Å². The summed E-state index contributed by atoms with van der Waals surface area (Å²) in [6.07, 6.45) is 4.31. The molecule has 0 aromatic carbocycles. The number of carbonyl (C=O) groups is 1. The van der Waals surface area contributed by atoms with Gasteiger partial charge in [0, 0.05) is 19.8 Å². The van der Waals surface area contributed by atoms with E-state index >= 15 is 0 Å². The van der Waals surface area contributed by atoms with Gasteiger partial charge in [0.25, 0.3) is 0 Å². The molecule has 2 aromatic heterocycles. The molecule has 0 amide bonds. The molecule has 1 aliphatic carbocycles. The zero-order valence-electron chi connectivity index (χ0n) is 18.2. The van der Waals surface area contributed by atoms with Crippen molar-refractivity contribution in [1.29, 1.82) is 0 Å². The van der Waals surface area contributed by atoms with E-state index in [-0.39, 0.29) is 5.60 Å². The van der Waals surface area contributed by atoms with Crippen molar-refractivity contribution < 1.29 is 32.5 Å². The van der Waals surface area contributed by atoms with Crippen molar-refractivity contribution in [1.82, 2.24) is 19.8 Å². The third kappa shape index (κ3) is 5.55. The Hall–Kier alpha value is -2.47. The molecule has 3 fully saturated rings. The van der Waals surface area contributed by atoms with Crippen LogP contribution in [-0.4, -0.2) is 75.6 Å². The molecule has 1 N–H and O–H groups in total. The molecule has 0 bridgehead atoms. The van der Waals surface area contributed by atoms with E-state index in [9.17, 15) is 13.2 Å². The molecular formula is C21H28F3N5O4. The Kier molecular flexibility index (Phi) is 7.03. The van der Waals surface area contributed by atoms with E-state index in [4.69, 9.17) is 19.4 Å². The highest BCUT2D eigenvalue weighted by molar-refractivity contribution is 5.73. The Morgan fingerprint density at radius 3 is 2.67 bits per heavy atom. The molecule has 2 aliphatic heterocycles. The number of nitrogens with zero attached hydrogens (tertiary/aromatic N) is 5. The van der Waals surface area contributed by atoms with E-state index in [0.29, 0.717) is 5.92 Å². The maximum absolute atomic E-state index is 10.6. The molecule has 2 aromatic rings. The number of carboxylic acid groups (broad SMARTS) is 1. The summed E-state index contributed by atoms with van der Waals surface area (Å²) in [7, 11) is 0. The summed E-state index contributed by atoms with van der Waals surface area (Å²) < 4.78 is 45.6. The molecule has 1 atom stereocenters. The van der Waals surface area contributed by atoms with Crippen molar-refractivity contribution in [3.05, 3.63) is 18.5 Å². The monoisotopic (exact) mass is 471 g/mol. The van der Waals surface area contributed by atoms with Gasteiger partial charge in [-0.25, -0.2) is 4.79 Å². The Labute approximate surface area is 188 Å². The average Bonchev–Trinajstić information content (AvgIpc) is 3.49. The second kappa shape index (κ2) is 9.80. The Bertz CT molecular complexity index is 941. The molecule has 182 valence electrons. The van der Waals surface area contributed by atoms with E-state index in [1.807, 2.05) is 12.1 Å². The van der Waals surface area contributed by atoms with Crippen LogP contribution in [0.15, 0.2) is 18.5 Å². The number of carboxylic acids is 1. The number of halogens is 3. The van der Waals surface area contributed by atoms with E-state index in [1.54, 1.807) is 10.8 Å². The van der Waals surface area contributed by atoms with E-state index in [2.05, 4.69) is 20.2 Å². The lowest BCUT2D eigenvalue weighted by molar-refractivity contribution is -0.192.